The van der Waals surface area contributed by atoms with Gasteiger partial charge in [-0.3, -0.25) is 9.97 Å². The summed E-state index contributed by atoms with van der Waals surface area (Å²) in [5.74, 6) is 0.576. The van der Waals surface area contributed by atoms with Gasteiger partial charge in [0.15, 0.2) is 0 Å². The van der Waals surface area contributed by atoms with Crippen molar-refractivity contribution in [3.8, 4) is 0 Å². The number of nitrogens with zero attached hydrogens (tertiary/aromatic N) is 4. The van der Waals surface area contributed by atoms with Crippen LogP contribution in [0.2, 0.25) is 5.28 Å². The molecule has 0 bridgehead atoms. The maximum absolute atomic E-state index is 5.85. The summed E-state index contributed by atoms with van der Waals surface area (Å²) in [5, 5.41) is 3.40. The fourth-order valence-corrected chi connectivity index (χ4v) is 2.74. The van der Waals surface area contributed by atoms with Crippen molar-refractivity contribution >= 4 is 67.7 Å². The molecular weight excluding hydrogens is 388 g/mol. The van der Waals surface area contributed by atoms with E-state index in [9.17, 15) is 0 Å². The first-order chi connectivity index (χ1) is 10.7. The molecule has 112 valence electrons. The van der Waals surface area contributed by atoms with Crippen molar-refractivity contribution < 1.29 is 0 Å². The molecule has 0 amide bonds. The van der Waals surface area contributed by atoms with E-state index in [2.05, 4.69) is 45.9 Å². The summed E-state index contributed by atoms with van der Waals surface area (Å²) >= 11 is 10.7. The molecule has 6 nitrogen and oxygen atoms in total. The van der Waals surface area contributed by atoms with Gasteiger partial charge in [-0.1, -0.05) is 11.9 Å². The second-order valence-electron chi connectivity index (χ2n) is 4.18. The van der Waals surface area contributed by atoms with Crippen LogP contribution in [0.5, 0.6) is 0 Å². The first-order valence-electron chi connectivity index (χ1n) is 6.17. The Hall–Kier alpha value is -1.64. The third-order valence-electron chi connectivity index (χ3n) is 2.81. The zero-order valence-corrected chi connectivity index (χ0v) is 14.5. The molecule has 3 rings (SSSR count). The lowest BCUT2D eigenvalue weighted by molar-refractivity contribution is 1.15. The lowest BCUT2D eigenvalue weighted by Gasteiger charge is -2.14. The Kier molecular flexibility index (Phi) is 4.60. The Morgan fingerprint density at radius 3 is 2.82 bits per heavy atom. The second-order valence-corrected chi connectivity index (χ2v) is 5.98. The van der Waals surface area contributed by atoms with Crippen LogP contribution in [-0.4, -0.2) is 26.2 Å². The van der Waals surface area contributed by atoms with Crippen LogP contribution in [0.25, 0.3) is 11.0 Å². The predicted molar refractivity (Wildman–Crippen MR) is 94.7 cm³/mol. The summed E-state index contributed by atoms with van der Waals surface area (Å²) in [6, 6.07) is 3.81. The summed E-state index contributed by atoms with van der Waals surface area (Å²) in [4.78, 5) is 16.8. The van der Waals surface area contributed by atoms with Crippen LogP contribution >= 0.6 is 39.5 Å². The van der Waals surface area contributed by atoms with Crippen molar-refractivity contribution in [2.45, 2.75) is 0 Å². The number of halogens is 2. The molecule has 1 aromatic carbocycles. The zero-order chi connectivity index (χ0) is 15.5. The lowest BCUT2D eigenvalue weighted by atomic mass is 10.2. The zero-order valence-electron chi connectivity index (χ0n) is 11.3. The van der Waals surface area contributed by atoms with E-state index in [1.807, 2.05) is 18.4 Å². The third-order valence-corrected chi connectivity index (χ3v) is 3.98. The predicted octanol–water partition coefficient (Wildman–Crippen LogP) is 4.27. The molecule has 0 unspecified atom stereocenters. The largest absolute Gasteiger partial charge is 0.337 e. The SMILES string of the molecule is CSNc1c(Nc2nc(Cl)ncc2Br)ccc2nccnc12. The highest BCUT2D eigenvalue weighted by Crippen LogP contribution is 2.34. The van der Waals surface area contributed by atoms with Gasteiger partial charge in [-0.05, 0) is 39.7 Å². The van der Waals surface area contributed by atoms with Crippen LogP contribution in [-0.2, 0) is 0 Å². The van der Waals surface area contributed by atoms with E-state index in [0.717, 1.165) is 22.4 Å². The highest BCUT2D eigenvalue weighted by Gasteiger charge is 2.12. The van der Waals surface area contributed by atoms with Crippen molar-refractivity contribution in [3.05, 3.63) is 40.5 Å². The van der Waals surface area contributed by atoms with Crippen molar-refractivity contribution in [1.29, 1.82) is 0 Å². The third kappa shape index (κ3) is 3.08. The Morgan fingerprint density at radius 2 is 2.00 bits per heavy atom. The number of anilines is 3. The maximum atomic E-state index is 5.85. The molecule has 0 radical (unpaired) electrons. The average Bonchev–Trinajstić information content (AvgIpc) is 2.53. The van der Waals surface area contributed by atoms with E-state index >= 15 is 0 Å². The van der Waals surface area contributed by atoms with Crippen LogP contribution < -0.4 is 10.0 Å². The molecule has 3 aromatic rings. The van der Waals surface area contributed by atoms with E-state index in [0.29, 0.717) is 10.3 Å². The Balaban J connectivity index is 2.10. The molecule has 0 spiro atoms. The highest BCUT2D eigenvalue weighted by molar-refractivity contribution is 9.10. The van der Waals surface area contributed by atoms with Gasteiger partial charge in [-0.15, -0.1) is 0 Å². The standard InChI is InChI=1S/C13H10BrClN6S/c1-22-21-11-9(3-2-8-10(11)17-5-4-16-8)19-12-7(14)6-18-13(15)20-12/h2-6,21H,1H3,(H,18,19,20). The number of nitrogens with one attached hydrogen (secondary N) is 2. The van der Waals surface area contributed by atoms with Crippen molar-refractivity contribution in [2.24, 2.45) is 0 Å². The molecule has 9 heteroatoms. The molecule has 22 heavy (non-hydrogen) atoms. The summed E-state index contributed by atoms with van der Waals surface area (Å²) in [5.41, 5.74) is 3.24. The van der Waals surface area contributed by atoms with Gasteiger partial charge >= 0.3 is 0 Å². The topological polar surface area (TPSA) is 75.6 Å². The first kappa shape index (κ1) is 15.3. The van der Waals surface area contributed by atoms with Gasteiger partial charge in [0.2, 0.25) is 5.28 Å². The van der Waals surface area contributed by atoms with Crippen LogP contribution in [0.4, 0.5) is 17.2 Å². The minimum atomic E-state index is 0.172. The van der Waals surface area contributed by atoms with Crippen molar-refractivity contribution in [2.75, 3.05) is 16.3 Å². The molecule has 0 aliphatic carbocycles. The minimum absolute atomic E-state index is 0.172. The van der Waals surface area contributed by atoms with E-state index in [4.69, 9.17) is 11.6 Å². The van der Waals surface area contributed by atoms with E-state index in [-0.39, 0.29) is 5.28 Å². The Morgan fingerprint density at radius 1 is 1.18 bits per heavy atom. The van der Waals surface area contributed by atoms with E-state index < -0.39 is 0 Å². The van der Waals surface area contributed by atoms with E-state index in [1.165, 1.54) is 11.9 Å². The van der Waals surface area contributed by atoms with Gasteiger partial charge in [0, 0.05) is 24.8 Å². The lowest BCUT2D eigenvalue weighted by Crippen LogP contribution is -2.01. The molecule has 0 atom stereocenters. The van der Waals surface area contributed by atoms with Gasteiger partial charge in [0.25, 0.3) is 0 Å². The maximum Gasteiger partial charge on any atom is 0.224 e. The Bertz CT molecular complexity index is 831. The number of benzene rings is 1. The van der Waals surface area contributed by atoms with Gasteiger partial charge in [-0.2, -0.15) is 4.98 Å². The molecule has 0 saturated heterocycles. The first-order valence-corrected chi connectivity index (χ1v) is 8.56. The smallest absolute Gasteiger partial charge is 0.224 e. The summed E-state index contributed by atoms with van der Waals surface area (Å²) in [7, 11) is 0. The highest BCUT2D eigenvalue weighted by atomic mass is 79.9. The minimum Gasteiger partial charge on any atom is -0.337 e. The van der Waals surface area contributed by atoms with Gasteiger partial charge in [0.1, 0.15) is 11.3 Å². The summed E-state index contributed by atoms with van der Waals surface area (Å²) in [6.45, 7) is 0. The fraction of sp³-hybridized carbons (Fsp3) is 0.0769. The number of hydrogen-bond acceptors (Lipinski definition) is 7. The Labute approximate surface area is 144 Å². The van der Waals surface area contributed by atoms with Crippen molar-refractivity contribution in [1.82, 2.24) is 19.9 Å². The molecule has 0 aliphatic heterocycles. The fourth-order valence-electron chi connectivity index (χ4n) is 1.91. The van der Waals surface area contributed by atoms with E-state index in [1.54, 1.807) is 18.6 Å². The van der Waals surface area contributed by atoms with Crippen LogP contribution in [0, 0.1) is 0 Å². The molecule has 2 N–H and O–H groups in total. The number of aromatic nitrogens is 4. The molecular formula is C13H10BrClN6S. The second kappa shape index (κ2) is 6.64. The molecule has 2 heterocycles. The monoisotopic (exact) mass is 396 g/mol. The van der Waals surface area contributed by atoms with Crippen molar-refractivity contribution in [3.63, 3.8) is 0 Å². The summed E-state index contributed by atoms with van der Waals surface area (Å²) < 4.78 is 3.95. The summed E-state index contributed by atoms with van der Waals surface area (Å²) in [6.07, 6.45) is 6.87. The quantitative estimate of drug-likeness (QED) is 0.503. The molecule has 0 aliphatic rings. The number of fused-ring (bicyclic) bond motifs is 1. The van der Waals surface area contributed by atoms with Gasteiger partial charge in [0.05, 0.1) is 21.4 Å². The molecule has 0 saturated carbocycles. The number of rotatable bonds is 4. The molecule has 0 fully saturated rings. The van der Waals surface area contributed by atoms with Gasteiger partial charge < -0.3 is 10.0 Å². The molecule has 2 aromatic heterocycles. The van der Waals surface area contributed by atoms with Crippen LogP contribution in [0.15, 0.2) is 35.2 Å². The normalized spacial score (nSPS) is 10.7. The average molecular weight is 398 g/mol. The van der Waals surface area contributed by atoms with Crippen LogP contribution in [0.3, 0.4) is 0 Å². The number of hydrogen-bond donors (Lipinski definition) is 2. The van der Waals surface area contributed by atoms with Crippen LogP contribution in [0.1, 0.15) is 0 Å². The van der Waals surface area contributed by atoms with Gasteiger partial charge in [-0.25, -0.2) is 4.98 Å².